The van der Waals surface area contributed by atoms with Crippen molar-refractivity contribution in [2.75, 3.05) is 13.7 Å². The molecule has 1 aliphatic rings. The summed E-state index contributed by atoms with van der Waals surface area (Å²) in [7, 11) is 1.58. The topological polar surface area (TPSA) is 35.5 Å². The summed E-state index contributed by atoms with van der Waals surface area (Å²) in [6.45, 7) is 4.25. The number of Topliss-reactive ketones (excluding diaryl/α,β-unsaturated/α-hetero) is 1. The monoisotopic (exact) mass is 206 g/mol. The third-order valence-corrected chi connectivity index (χ3v) is 2.61. The molecule has 0 spiro atoms. The van der Waals surface area contributed by atoms with Crippen molar-refractivity contribution in [3.63, 3.8) is 0 Å². The average Bonchev–Trinajstić information content (AvgIpc) is 2.23. The van der Waals surface area contributed by atoms with E-state index >= 15 is 0 Å². The maximum absolute atomic E-state index is 11.9. The molecule has 0 saturated carbocycles. The Bertz CT molecular complexity index is 410. The number of aryl methyl sites for hydroxylation is 1. The largest absolute Gasteiger partial charge is 0.493 e. The zero-order chi connectivity index (χ0) is 11.0. The molecule has 0 fully saturated rings. The zero-order valence-corrected chi connectivity index (χ0v) is 9.16. The lowest BCUT2D eigenvalue weighted by Crippen LogP contribution is -2.25. The van der Waals surface area contributed by atoms with Gasteiger partial charge in [0.25, 0.3) is 0 Å². The van der Waals surface area contributed by atoms with Crippen molar-refractivity contribution in [1.82, 2.24) is 0 Å². The van der Waals surface area contributed by atoms with Gasteiger partial charge < -0.3 is 9.47 Å². The van der Waals surface area contributed by atoms with Crippen LogP contribution in [-0.2, 0) is 0 Å². The molecule has 0 bridgehead atoms. The Morgan fingerprint density at radius 1 is 1.47 bits per heavy atom. The van der Waals surface area contributed by atoms with E-state index in [0.717, 1.165) is 5.56 Å². The van der Waals surface area contributed by atoms with Crippen LogP contribution in [0.5, 0.6) is 11.5 Å². The summed E-state index contributed by atoms with van der Waals surface area (Å²) in [5, 5.41) is 0. The molecule has 1 heterocycles. The molecule has 3 nitrogen and oxygen atoms in total. The van der Waals surface area contributed by atoms with Gasteiger partial charge in [0.2, 0.25) is 0 Å². The standard InChI is InChI=1S/C12H14O3/c1-7-4-9-11(13)8(2)6-15-12(9)10(5-7)14-3/h4-5,8H,6H2,1-3H3. The van der Waals surface area contributed by atoms with Crippen LogP contribution in [0.15, 0.2) is 12.1 Å². The molecule has 1 unspecified atom stereocenters. The summed E-state index contributed by atoms with van der Waals surface area (Å²) in [5.74, 6) is 1.30. The van der Waals surface area contributed by atoms with E-state index in [4.69, 9.17) is 9.47 Å². The summed E-state index contributed by atoms with van der Waals surface area (Å²) in [4.78, 5) is 11.9. The number of ether oxygens (including phenoxy) is 2. The van der Waals surface area contributed by atoms with Gasteiger partial charge in [0.15, 0.2) is 17.3 Å². The van der Waals surface area contributed by atoms with Gasteiger partial charge in [-0.2, -0.15) is 0 Å². The van der Waals surface area contributed by atoms with Crippen LogP contribution in [0.2, 0.25) is 0 Å². The number of fused-ring (bicyclic) bond motifs is 1. The normalized spacial score (nSPS) is 19.4. The van der Waals surface area contributed by atoms with Crippen molar-refractivity contribution < 1.29 is 14.3 Å². The molecule has 1 atom stereocenters. The Balaban J connectivity index is 2.58. The van der Waals surface area contributed by atoms with Crippen molar-refractivity contribution in [2.24, 2.45) is 5.92 Å². The second-order valence-corrected chi connectivity index (χ2v) is 3.92. The first kappa shape index (κ1) is 10.0. The zero-order valence-electron chi connectivity index (χ0n) is 9.16. The molecule has 0 saturated heterocycles. The highest BCUT2D eigenvalue weighted by molar-refractivity contribution is 6.02. The molecule has 1 aromatic carbocycles. The molecular formula is C12H14O3. The van der Waals surface area contributed by atoms with E-state index in [-0.39, 0.29) is 11.7 Å². The fraction of sp³-hybridized carbons (Fsp3) is 0.417. The van der Waals surface area contributed by atoms with E-state index in [0.29, 0.717) is 23.7 Å². The number of hydrogen-bond acceptors (Lipinski definition) is 3. The fourth-order valence-electron chi connectivity index (χ4n) is 1.77. The van der Waals surface area contributed by atoms with Crippen LogP contribution in [0.3, 0.4) is 0 Å². The minimum atomic E-state index is -0.0657. The number of hydrogen-bond donors (Lipinski definition) is 0. The molecule has 0 aliphatic carbocycles. The molecule has 2 rings (SSSR count). The molecule has 1 aromatic rings. The Morgan fingerprint density at radius 2 is 2.20 bits per heavy atom. The number of rotatable bonds is 1. The SMILES string of the molecule is COc1cc(C)cc2c1OCC(C)C2=O. The van der Waals surface area contributed by atoms with Gasteiger partial charge in [-0.25, -0.2) is 0 Å². The van der Waals surface area contributed by atoms with Gasteiger partial charge in [-0.15, -0.1) is 0 Å². The first-order valence-electron chi connectivity index (χ1n) is 4.99. The van der Waals surface area contributed by atoms with Crippen LogP contribution in [-0.4, -0.2) is 19.5 Å². The predicted molar refractivity (Wildman–Crippen MR) is 56.7 cm³/mol. The summed E-state index contributed by atoms with van der Waals surface area (Å²) in [5.41, 5.74) is 1.65. The van der Waals surface area contributed by atoms with Crippen molar-refractivity contribution in [2.45, 2.75) is 13.8 Å². The van der Waals surface area contributed by atoms with Gasteiger partial charge in [0, 0.05) is 0 Å². The first-order valence-corrected chi connectivity index (χ1v) is 4.99. The Hall–Kier alpha value is -1.51. The molecule has 3 heteroatoms. The van der Waals surface area contributed by atoms with Crippen LogP contribution in [0.4, 0.5) is 0 Å². The van der Waals surface area contributed by atoms with Crippen LogP contribution in [0, 0.1) is 12.8 Å². The van der Waals surface area contributed by atoms with Crippen LogP contribution in [0.1, 0.15) is 22.8 Å². The van der Waals surface area contributed by atoms with Crippen molar-refractivity contribution in [3.8, 4) is 11.5 Å². The van der Waals surface area contributed by atoms with Crippen LogP contribution < -0.4 is 9.47 Å². The van der Waals surface area contributed by atoms with Crippen molar-refractivity contribution >= 4 is 5.78 Å². The summed E-state index contributed by atoms with van der Waals surface area (Å²) < 4.78 is 10.7. The van der Waals surface area contributed by atoms with Crippen molar-refractivity contribution in [1.29, 1.82) is 0 Å². The lowest BCUT2D eigenvalue weighted by molar-refractivity contribution is 0.0844. The van der Waals surface area contributed by atoms with E-state index in [1.807, 2.05) is 26.0 Å². The maximum Gasteiger partial charge on any atom is 0.172 e. The maximum atomic E-state index is 11.9. The van der Waals surface area contributed by atoms with Gasteiger partial charge in [0.05, 0.1) is 25.2 Å². The predicted octanol–water partition coefficient (Wildman–Crippen LogP) is 2.21. The molecule has 15 heavy (non-hydrogen) atoms. The molecular weight excluding hydrogens is 192 g/mol. The van der Waals surface area contributed by atoms with E-state index in [1.165, 1.54) is 0 Å². The first-order chi connectivity index (χ1) is 7.13. The Kier molecular flexibility index (Phi) is 2.39. The molecule has 1 aliphatic heterocycles. The quantitative estimate of drug-likeness (QED) is 0.706. The summed E-state index contributed by atoms with van der Waals surface area (Å²) >= 11 is 0. The van der Waals surface area contributed by atoms with Gasteiger partial charge in [0.1, 0.15) is 0 Å². The molecule has 0 radical (unpaired) electrons. The lowest BCUT2D eigenvalue weighted by atomic mass is 9.95. The van der Waals surface area contributed by atoms with Gasteiger partial charge >= 0.3 is 0 Å². The number of ketones is 1. The fourth-order valence-corrected chi connectivity index (χ4v) is 1.77. The average molecular weight is 206 g/mol. The third-order valence-electron chi connectivity index (χ3n) is 2.61. The highest BCUT2D eigenvalue weighted by Gasteiger charge is 2.28. The molecule has 0 N–H and O–H groups in total. The molecule has 0 aromatic heterocycles. The second kappa shape index (κ2) is 3.57. The van der Waals surface area contributed by atoms with Crippen molar-refractivity contribution in [3.05, 3.63) is 23.3 Å². The number of carbonyl (C=O) groups is 1. The number of benzene rings is 1. The highest BCUT2D eigenvalue weighted by atomic mass is 16.5. The minimum Gasteiger partial charge on any atom is -0.493 e. The lowest BCUT2D eigenvalue weighted by Gasteiger charge is -2.23. The molecule has 80 valence electrons. The second-order valence-electron chi connectivity index (χ2n) is 3.92. The summed E-state index contributed by atoms with van der Waals surface area (Å²) in [6, 6.07) is 3.73. The van der Waals surface area contributed by atoms with E-state index < -0.39 is 0 Å². The van der Waals surface area contributed by atoms with Gasteiger partial charge in [-0.3, -0.25) is 4.79 Å². The molecule has 0 amide bonds. The smallest absolute Gasteiger partial charge is 0.172 e. The van der Waals surface area contributed by atoms with Gasteiger partial charge in [-0.1, -0.05) is 6.92 Å². The Labute approximate surface area is 89.0 Å². The minimum absolute atomic E-state index is 0.0657. The Morgan fingerprint density at radius 3 is 2.87 bits per heavy atom. The van der Waals surface area contributed by atoms with E-state index in [1.54, 1.807) is 7.11 Å². The van der Waals surface area contributed by atoms with E-state index in [2.05, 4.69) is 0 Å². The van der Waals surface area contributed by atoms with Crippen LogP contribution >= 0.6 is 0 Å². The van der Waals surface area contributed by atoms with E-state index in [9.17, 15) is 4.79 Å². The van der Waals surface area contributed by atoms with Gasteiger partial charge in [-0.05, 0) is 24.6 Å². The van der Waals surface area contributed by atoms with Crippen LogP contribution in [0.25, 0.3) is 0 Å². The summed E-state index contributed by atoms with van der Waals surface area (Å²) in [6.07, 6.45) is 0. The number of carbonyl (C=O) groups excluding carboxylic acids is 1. The number of methoxy groups -OCH3 is 1. The third kappa shape index (κ3) is 1.58. The highest BCUT2D eigenvalue weighted by Crippen LogP contribution is 2.37.